The van der Waals surface area contributed by atoms with Crippen LogP contribution in [0.3, 0.4) is 0 Å². The summed E-state index contributed by atoms with van der Waals surface area (Å²) in [6, 6.07) is 3.77. The molecule has 0 aromatic carbocycles. The number of carbonyl (C=O) groups is 2. The van der Waals surface area contributed by atoms with Gasteiger partial charge in [-0.2, -0.15) is 0 Å². The van der Waals surface area contributed by atoms with Crippen molar-refractivity contribution in [3.05, 3.63) is 24.0 Å². The lowest BCUT2D eigenvalue weighted by Gasteiger charge is -2.33. The fourth-order valence-electron chi connectivity index (χ4n) is 3.14. The van der Waals surface area contributed by atoms with Gasteiger partial charge in [-0.3, -0.25) is 4.79 Å². The number of ether oxygens (including phenoxy) is 1. The number of pyridine rings is 1. The third-order valence-corrected chi connectivity index (χ3v) is 4.53. The summed E-state index contributed by atoms with van der Waals surface area (Å²) in [4.78, 5) is 34.3. The minimum atomic E-state index is -0.308. The summed E-state index contributed by atoms with van der Waals surface area (Å²) >= 11 is 0. The van der Waals surface area contributed by atoms with Crippen LogP contribution in [0.2, 0.25) is 0 Å². The van der Waals surface area contributed by atoms with E-state index in [0.29, 0.717) is 38.5 Å². The third-order valence-electron chi connectivity index (χ3n) is 4.53. The second-order valence-electron chi connectivity index (χ2n) is 6.07. The molecule has 130 valence electrons. The lowest BCUT2D eigenvalue weighted by atomic mass is 10.2. The van der Waals surface area contributed by atoms with E-state index in [2.05, 4.69) is 9.88 Å². The summed E-state index contributed by atoms with van der Waals surface area (Å²) in [7, 11) is 0. The molecule has 2 aliphatic rings. The van der Waals surface area contributed by atoms with Crippen molar-refractivity contribution in [1.82, 2.24) is 14.8 Å². The van der Waals surface area contributed by atoms with Crippen LogP contribution >= 0.6 is 0 Å². The number of hydrogen-bond donors (Lipinski definition) is 0. The Balaban J connectivity index is 1.56. The second kappa shape index (κ2) is 7.51. The zero-order chi connectivity index (χ0) is 16.9. The Bertz CT molecular complexity index is 576. The van der Waals surface area contributed by atoms with E-state index in [1.165, 1.54) is 12.8 Å². The molecule has 24 heavy (non-hydrogen) atoms. The number of rotatable bonds is 3. The van der Waals surface area contributed by atoms with Gasteiger partial charge in [0.15, 0.2) is 0 Å². The zero-order valence-corrected chi connectivity index (χ0v) is 14.1. The van der Waals surface area contributed by atoms with Crippen LogP contribution in [0.5, 0.6) is 0 Å². The molecule has 0 spiro atoms. The van der Waals surface area contributed by atoms with Gasteiger partial charge in [-0.1, -0.05) is 0 Å². The maximum Gasteiger partial charge on any atom is 0.409 e. The summed E-state index contributed by atoms with van der Waals surface area (Å²) in [6.07, 6.45) is 3.90. The largest absolute Gasteiger partial charge is 0.450 e. The first-order valence-corrected chi connectivity index (χ1v) is 8.61. The Morgan fingerprint density at radius 1 is 1.04 bits per heavy atom. The molecule has 3 rings (SSSR count). The molecule has 0 saturated carbocycles. The standard InChI is InChI=1S/C17H24N4O3/c1-2-24-17(23)21-11-9-20(10-12-21)16(22)15-6-5-14(13-18-15)19-7-3-4-8-19/h5-6,13H,2-4,7-12H2,1H3. The molecular weight excluding hydrogens is 308 g/mol. The highest BCUT2D eigenvalue weighted by Gasteiger charge is 2.26. The molecule has 2 aliphatic heterocycles. The monoisotopic (exact) mass is 332 g/mol. The molecule has 0 atom stereocenters. The Kier molecular flexibility index (Phi) is 5.17. The van der Waals surface area contributed by atoms with Crippen LogP contribution in [0.4, 0.5) is 10.5 Å². The molecule has 0 N–H and O–H groups in total. The molecule has 1 aromatic rings. The van der Waals surface area contributed by atoms with Gasteiger partial charge >= 0.3 is 6.09 Å². The highest BCUT2D eigenvalue weighted by molar-refractivity contribution is 5.92. The molecule has 3 heterocycles. The quantitative estimate of drug-likeness (QED) is 0.841. The van der Waals surface area contributed by atoms with Gasteiger partial charge in [0.2, 0.25) is 0 Å². The molecular formula is C17H24N4O3. The Morgan fingerprint density at radius 2 is 1.71 bits per heavy atom. The fourth-order valence-corrected chi connectivity index (χ4v) is 3.14. The van der Waals surface area contributed by atoms with E-state index in [1.54, 1.807) is 29.0 Å². The van der Waals surface area contributed by atoms with Gasteiger partial charge in [-0.05, 0) is 31.9 Å². The van der Waals surface area contributed by atoms with Gasteiger partial charge in [0.1, 0.15) is 5.69 Å². The number of hydrogen-bond acceptors (Lipinski definition) is 5. The van der Waals surface area contributed by atoms with E-state index in [1.807, 2.05) is 6.07 Å². The summed E-state index contributed by atoms with van der Waals surface area (Å²) in [5.74, 6) is -0.0773. The zero-order valence-electron chi connectivity index (χ0n) is 14.1. The van der Waals surface area contributed by atoms with E-state index < -0.39 is 0 Å². The number of nitrogens with zero attached hydrogens (tertiary/aromatic N) is 4. The van der Waals surface area contributed by atoms with Crippen LogP contribution in [0.15, 0.2) is 18.3 Å². The highest BCUT2D eigenvalue weighted by atomic mass is 16.6. The highest BCUT2D eigenvalue weighted by Crippen LogP contribution is 2.19. The third kappa shape index (κ3) is 3.60. The van der Waals surface area contributed by atoms with Crippen molar-refractivity contribution in [2.45, 2.75) is 19.8 Å². The van der Waals surface area contributed by atoms with Crippen LogP contribution < -0.4 is 4.90 Å². The molecule has 1 aromatic heterocycles. The average molecular weight is 332 g/mol. The van der Waals surface area contributed by atoms with E-state index in [-0.39, 0.29) is 12.0 Å². The number of aromatic nitrogens is 1. The van der Waals surface area contributed by atoms with Crippen molar-refractivity contribution in [2.24, 2.45) is 0 Å². The van der Waals surface area contributed by atoms with Crippen LogP contribution in [0.25, 0.3) is 0 Å². The van der Waals surface area contributed by atoms with E-state index in [0.717, 1.165) is 18.8 Å². The number of anilines is 1. The van der Waals surface area contributed by atoms with Crippen molar-refractivity contribution in [3.63, 3.8) is 0 Å². The molecule has 0 unspecified atom stereocenters. The van der Waals surface area contributed by atoms with Crippen molar-refractivity contribution in [3.8, 4) is 0 Å². The molecule has 2 fully saturated rings. The van der Waals surface area contributed by atoms with Gasteiger partial charge in [-0.25, -0.2) is 9.78 Å². The van der Waals surface area contributed by atoms with Gasteiger partial charge in [0.05, 0.1) is 18.5 Å². The molecule has 0 aliphatic carbocycles. The van der Waals surface area contributed by atoms with Gasteiger partial charge < -0.3 is 19.4 Å². The van der Waals surface area contributed by atoms with Crippen LogP contribution in [0, 0.1) is 0 Å². The van der Waals surface area contributed by atoms with E-state index in [9.17, 15) is 9.59 Å². The van der Waals surface area contributed by atoms with Crippen molar-refractivity contribution < 1.29 is 14.3 Å². The van der Waals surface area contributed by atoms with E-state index >= 15 is 0 Å². The maximum absolute atomic E-state index is 12.5. The van der Waals surface area contributed by atoms with Gasteiger partial charge in [0, 0.05) is 39.3 Å². The SMILES string of the molecule is CCOC(=O)N1CCN(C(=O)c2ccc(N3CCCC3)cn2)CC1. The van der Waals surface area contributed by atoms with Gasteiger partial charge in [-0.15, -0.1) is 0 Å². The minimum absolute atomic E-state index is 0.0773. The molecule has 0 bridgehead atoms. The lowest BCUT2D eigenvalue weighted by molar-refractivity contribution is 0.0566. The Morgan fingerprint density at radius 3 is 2.29 bits per heavy atom. The molecule has 7 nitrogen and oxygen atoms in total. The predicted molar refractivity (Wildman–Crippen MR) is 90.2 cm³/mol. The summed E-state index contributed by atoms with van der Waals surface area (Å²) in [5, 5.41) is 0. The first-order valence-electron chi connectivity index (χ1n) is 8.61. The smallest absolute Gasteiger partial charge is 0.409 e. The van der Waals surface area contributed by atoms with Crippen molar-refractivity contribution in [2.75, 3.05) is 50.8 Å². The summed E-state index contributed by atoms with van der Waals surface area (Å²) in [6.45, 7) is 6.28. The van der Waals surface area contributed by atoms with E-state index in [4.69, 9.17) is 4.74 Å². The second-order valence-corrected chi connectivity index (χ2v) is 6.07. The summed E-state index contributed by atoms with van der Waals surface area (Å²) < 4.78 is 4.99. The van der Waals surface area contributed by atoms with Crippen LogP contribution in [0.1, 0.15) is 30.3 Å². The normalized spacial score (nSPS) is 18.0. The first-order chi connectivity index (χ1) is 11.7. The number of amides is 2. The lowest BCUT2D eigenvalue weighted by Crippen LogP contribution is -2.50. The topological polar surface area (TPSA) is 66.0 Å². The Labute approximate surface area is 142 Å². The van der Waals surface area contributed by atoms with Crippen LogP contribution in [-0.2, 0) is 4.74 Å². The minimum Gasteiger partial charge on any atom is -0.450 e. The summed E-state index contributed by atoms with van der Waals surface area (Å²) in [5.41, 5.74) is 1.54. The van der Waals surface area contributed by atoms with Crippen LogP contribution in [-0.4, -0.2) is 72.7 Å². The fraction of sp³-hybridized carbons (Fsp3) is 0.588. The molecule has 2 saturated heterocycles. The van der Waals surface area contributed by atoms with Gasteiger partial charge in [0.25, 0.3) is 5.91 Å². The van der Waals surface area contributed by atoms with Crippen molar-refractivity contribution >= 4 is 17.7 Å². The predicted octanol–water partition coefficient (Wildman–Crippen LogP) is 1.60. The maximum atomic E-state index is 12.5. The number of piperazine rings is 1. The van der Waals surface area contributed by atoms with Crippen molar-refractivity contribution in [1.29, 1.82) is 0 Å². The molecule has 0 radical (unpaired) electrons. The molecule has 2 amide bonds. The first kappa shape index (κ1) is 16.5. The molecule has 7 heteroatoms. The number of carbonyl (C=O) groups excluding carboxylic acids is 2. The Hall–Kier alpha value is -2.31. The average Bonchev–Trinajstić information content (AvgIpc) is 3.16.